The second kappa shape index (κ2) is 7.99. The van der Waals surface area contributed by atoms with E-state index in [4.69, 9.17) is 14.6 Å². The Morgan fingerprint density at radius 2 is 2.25 bits per heavy atom. The Bertz CT molecular complexity index is 471. The number of aliphatic carboxylic acids is 1. The van der Waals surface area contributed by atoms with E-state index in [0.29, 0.717) is 17.8 Å². The van der Waals surface area contributed by atoms with Gasteiger partial charge >= 0.3 is 11.9 Å². The Kier molecular flexibility index (Phi) is 6.29. The predicted molar refractivity (Wildman–Crippen MR) is 73.8 cm³/mol. The Labute approximate surface area is 117 Å². The van der Waals surface area contributed by atoms with Crippen LogP contribution in [-0.4, -0.2) is 30.3 Å². The number of rotatable bonds is 7. The molecule has 0 spiro atoms. The fourth-order valence-electron chi connectivity index (χ4n) is 1.49. The number of ether oxygens (including phenoxy) is 2. The van der Waals surface area contributed by atoms with E-state index in [1.165, 1.54) is 0 Å². The van der Waals surface area contributed by atoms with Crippen LogP contribution >= 0.6 is 0 Å². The number of carbonyl (C=O) groups excluding carboxylic acids is 1. The molecule has 0 aromatic heterocycles. The molecule has 20 heavy (non-hydrogen) atoms. The lowest BCUT2D eigenvalue weighted by Crippen LogP contribution is -2.11. The van der Waals surface area contributed by atoms with Gasteiger partial charge in [0.25, 0.3) is 0 Å². The first kappa shape index (κ1) is 15.8. The van der Waals surface area contributed by atoms with E-state index in [2.05, 4.69) is 6.58 Å². The van der Waals surface area contributed by atoms with E-state index in [9.17, 15) is 9.59 Å². The molecule has 5 heteroatoms. The maximum atomic E-state index is 11.1. The minimum Gasteiger partial charge on any atom is -0.490 e. The minimum absolute atomic E-state index is 0.0692. The monoisotopic (exact) mass is 278 g/mol. The van der Waals surface area contributed by atoms with Crippen LogP contribution in [0.25, 0.3) is 0 Å². The van der Waals surface area contributed by atoms with Crippen LogP contribution < -0.4 is 0 Å². The summed E-state index contributed by atoms with van der Waals surface area (Å²) in [7, 11) is 0. The number of esters is 1. The average molecular weight is 278 g/mol. The van der Waals surface area contributed by atoms with E-state index < -0.39 is 11.9 Å². The first-order chi connectivity index (χ1) is 9.49. The molecule has 0 heterocycles. The Morgan fingerprint density at radius 3 is 2.80 bits per heavy atom. The van der Waals surface area contributed by atoms with Crippen LogP contribution in [0, 0.1) is 5.92 Å². The maximum Gasteiger partial charge on any atom is 0.333 e. The van der Waals surface area contributed by atoms with E-state index in [1.54, 1.807) is 19.1 Å². The molecule has 0 amide bonds. The molecule has 0 radical (unpaired) electrons. The van der Waals surface area contributed by atoms with Crippen LogP contribution in [0.5, 0.6) is 0 Å². The van der Waals surface area contributed by atoms with Crippen molar-refractivity contribution in [1.29, 1.82) is 0 Å². The van der Waals surface area contributed by atoms with E-state index in [1.807, 2.05) is 12.2 Å². The summed E-state index contributed by atoms with van der Waals surface area (Å²) < 4.78 is 10.3. The highest BCUT2D eigenvalue weighted by molar-refractivity contribution is 5.86. The van der Waals surface area contributed by atoms with Crippen molar-refractivity contribution in [3.63, 3.8) is 0 Å². The van der Waals surface area contributed by atoms with Crippen molar-refractivity contribution in [2.45, 2.75) is 13.3 Å². The second-order valence-corrected chi connectivity index (χ2v) is 4.33. The molecule has 0 bridgehead atoms. The number of hydrogen-bond donors (Lipinski definition) is 1. The summed E-state index contributed by atoms with van der Waals surface area (Å²) in [4.78, 5) is 21.5. The number of allylic oxidation sites excluding steroid dienone is 4. The van der Waals surface area contributed by atoms with Gasteiger partial charge in [-0.05, 0) is 31.4 Å². The van der Waals surface area contributed by atoms with Crippen LogP contribution in [0.15, 0.2) is 48.3 Å². The van der Waals surface area contributed by atoms with Gasteiger partial charge in [-0.25, -0.2) is 9.59 Å². The molecule has 1 atom stereocenters. The third kappa shape index (κ3) is 6.04. The fourth-order valence-corrected chi connectivity index (χ4v) is 1.49. The van der Waals surface area contributed by atoms with Gasteiger partial charge in [-0.1, -0.05) is 18.7 Å². The predicted octanol–water partition coefficient (Wildman–Crippen LogP) is 2.22. The first-order valence-corrected chi connectivity index (χ1v) is 6.24. The highest BCUT2D eigenvalue weighted by Gasteiger charge is 2.07. The molecule has 0 saturated carbocycles. The number of carboxylic acids is 1. The molecule has 1 aliphatic rings. The van der Waals surface area contributed by atoms with Crippen molar-refractivity contribution >= 4 is 11.9 Å². The largest absolute Gasteiger partial charge is 0.490 e. The zero-order valence-electron chi connectivity index (χ0n) is 11.4. The van der Waals surface area contributed by atoms with Gasteiger partial charge < -0.3 is 14.6 Å². The summed E-state index contributed by atoms with van der Waals surface area (Å²) >= 11 is 0. The molecular formula is C15H18O5. The molecule has 1 aliphatic carbocycles. The van der Waals surface area contributed by atoms with Crippen LogP contribution in [0.2, 0.25) is 0 Å². The standard InChI is InChI=1S/C15H18O5/c1-11(2)15(18)20-10-9-19-13-6-3-12(4-7-13)5-8-14(16)17/h3,5-8,12H,1,4,9-10H2,2H3,(H,16,17)/b8-5+. The summed E-state index contributed by atoms with van der Waals surface area (Å²) in [6, 6.07) is 0. The number of carboxylic acid groups (broad SMARTS) is 1. The van der Waals surface area contributed by atoms with Crippen LogP contribution in [0.3, 0.4) is 0 Å². The number of carbonyl (C=O) groups is 2. The molecule has 0 aromatic carbocycles. The van der Waals surface area contributed by atoms with E-state index in [0.717, 1.165) is 6.08 Å². The Balaban J connectivity index is 2.24. The van der Waals surface area contributed by atoms with Gasteiger partial charge in [-0.15, -0.1) is 0 Å². The van der Waals surface area contributed by atoms with Gasteiger partial charge in [0.1, 0.15) is 19.0 Å². The van der Waals surface area contributed by atoms with Gasteiger partial charge in [0.05, 0.1) is 0 Å². The molecular weight excluding hydrogens is 260 g/mol. The van der Waals surface area contributed by atoms with Gasteiger partial charge in [0, 0.05) is 11.6 Å². The molecule has 0 saturated heterocycles. The second-order valence-electron chi connectivity index (χ2n) is 4.33. The average Bonchev–Trinajstić information content (AvgIpc) is 2.42. The SMILES string of the molecule is C=C(C)C(=O)OCCOC1=CCC(/C=C/C(=O)O)C=C1. The van der Waals surface area contributed by atoms with Crippen molar-refractivity contribution in [3.8, 4) is 0 Å². The maximum absolute atomic E-state index is 11.1. The third-order valence-corrected chi connectivity index (χ3v) is 2.52. The lowest BCUT2D eigenvalue weighted by Gasteiger charge is -2.14. The van der Waals surface area contributed by atoms with Gasteiger partial charge in [0.2, 0.25) is 0 Å². The van der Waals surface area contributed by atoms with Crippen molar-refractivity contribution in [1.82, 2.24) is 0 Å². The summed E-state index contributed by atoms with van der Waals surface area (Å²) in [5, 5.41) is 8.52. The summed E-state index contributed by atoms with van der Waals surface area (Å²) in [5.74, 6) is -0.625. The molecule has 0 aromatic rings. The zero-order valence-corrected chi connectivity index (χ0v) is 11.4. The zero-order chi connectivity index (χ0) is 15.0. The van der Waals surface area contributed by atoms with E-state index >= 15 is 0 Å². The van der Waals surface area contributed by atoms with Crippen molar-refractivity contribution < 1.29 is 24.2 Å². The lowest BCUT2D eigenvalue weighted by molar-refractivity contribution is -0.140. The smallest absolute Gasteiger partial charge is 0.333 e. The highest BCUT2D eigenvalue weighted by atomic mass is 16.6. The van der Waals surface area contributed by atoms with Gasteiger partial charge in [-0.3, -0.25) is 0 Å². The summed E-state index contributed by atoms with van der Waals surface area (Å²) in [6.07, 6.45) is 8.96. The topological polar surface area (TPSA) is 72.8 Å². The van der Waals surface area contributed by atoms with Gasteiger partial charge in [-0.2, -0.15) is 0 Å². The normalized spacial score (nSPS) is 17.6. The first-order valence-electron chi connectivity index (χ1n) is 6.24. The molecule has 0 aliphatic heterocycles. The molecule has 1 rings (SSSR count). The third-order valence-electron chi connectivity index (χ3n) is 2.52. The van der Waals surface area contributed by atoms with Crippen molar-refractivity contribution in [3.05, 3.63) is 48.3 Å². The minimum atomic E-state index is -0.955. The molecule has 108 valence electrons. The summed E-state index contributed by atoms with van der Waals surface area (Å²) in [5.41, 5.74) is 0.356. The molecule has 5 nitrogen and oxygen atoms in total. The van der Waals surface area contributed by atoms with Crippen LogP contribution in [0.1, 0.15) is 13.3 Å². The summed E-state index contributed by atoms with van der Waals surface area (Å²) in [6.45, 7) is 5.49. The van der Waals surface area contributed by atoms with Crippen LogP contribution in [0.4, 0.5) is 0 Å². The van der Waals surface area contributed by atoms with E-state index in [-0.39, 0.29) is 19.1 Å². The van der Waals surface area contributed by atoms with Crippen molar-refractivity contribution in [2.75, 3.05) is 13.2 Å². The molecule has 1 unspecified atom stereocenters. The molecule has 0 fully saturated rings. The number of hydrogen-bond acceptors (Lipinski definition) is 4. The Morgan fingerprint density at radius 1 is 1.50 bits per heavy atom. The fraction of sp³-hybridized carbons (Fsp3) is 0.333. The lowest BCUT2D eigenvalue weighted by atomic mass is 10.00. The van der Waals surface area contributed by atoms with Gasteiger partial charge in [0.15, 0.2) is 0 Å². The Hall–Kier alpha value is -2.30. The van der Waals surface area contributed by atoms with Crippen molar-refractivity contribution in [2.24, 2.45) is 5.92 Å². The quantitative estimate of drug-likeness (QED) is 0.439. The van der Waals surface area contributed by atoms with Crippen LogP contribution in [-0.2, 0) is 19.1 Å². The highest BCUT2D eigenvalue weighted by Crippen LogP contribution is 2.18. The molecule has 1 N–H and O–H groups in total.